The molecule has 1 fully saturated rings. The Kier molecular flexibility index (Phi) is 6.57. The molecule has 1 saturated heterocycles. The van der Waals surface area contributed by atoms with Gasteiger partial charge in [0.1, 0.15) is 11.8 Å². The maximum Gasteiger partial charge on any atom is 0.174 e. The number of anilines is 1. The van der Waals surface area contributed by atoms with E-state index in [0.717, 1.165) is 48.3 Å². The third-order valence-corrected chi connectivity index (χ3v) is 7.12. The predicted octanol–water partition coefficient (Wildman–Crippen LogP) is 4.36. The molecular weight excluding hydrogens is 456 g/mol. The Hall–Kier alpha value is -2.94. The lowest BCUT2D eigenvalue weighted by atomic mass is 10.1. The highest BCUT2D eigenvalue weighted by molar-refractivity contribution is 7.10. The van der Waals surface area contributed by atoms with Crippen LogP contribution >= 0.6 is 22.9 Å². The van der Waals surface area contributed by atoms with Crippen molar-refractivity contribution in [1.29, 1.82) is 0 Å². The fourth-order valence-electron chi connectivity index (χ4n) is 4.25. The van der Waals surface area contributed by atoms with Crippen molar-refractivity contribution in [2.24, 2.45) is 0 Å². The molecule has 0 radical (unpaired) electrons. The molecule has 7 nitrogen and oxygen atoms in total. The van der Waals surface area contributed by atoms with Crippen molar-refractivity contribution < 1.29 is 4.74 Å². The average Bonchev–Trinajstić information content (AvgIpc) is 3.54. The van der Waals surface area contributed by atoms with E-state index >= 15 is 0 Å². The number of tetrazole rings is 1. The molecule has 0 aliphatic carbocycles. The molecule has 0 saturated carbocycles. The summed E-state index contributed by atoms with van der Waals surface area (Å²) in [5.41, 5.74) is 2.29. The van der Waals surface area contributed by atoms with Gasteiger partial charge in [-0.05, 0) is 57.8 Å². The minimum Gasteiger partial charge on any atom is -0.497 e. The van der Waals surface area contributed by atoms with Crippen LogP contribution in [0.2, 0.25) is 5.02 Å². The number of halogens is 1. The number of rotatable bonds is 7. The molecule has 2 aromatic carbocycles. The Morgan fingerprint density at radius 3 is 2.55 bits per heavy atom. The molecule has 33 heavy (non-hydrogen) atoms. The molecule has 0 amide bonds. The van der Waals surface area contributed by atoms with E-state index < -0.39 is 0 Å². The van der Waals surface area contributed by atoms with Crippen LogP contribution in [-0.2, 0) is 6.54 Å². The number of methoxy groups -OCH3 is 1. The van der Waals surface area contributed by atoms with Crippen molar-refractivity contribution in [1.82, 2.24) is 25.1 Å². The van der Waals surface area contributed by atoms with E-state index in [-0.39, 0.29) is 6.04 Å². The molecule has 1 aliphatic rings. The van der Waals surface area contributed by atoms with Gasteiger partial charge >= 0.3 is 0 Å². The van der Waals surface area contributed by atoms with Crippen LogP contribution in [0.4, 0.5) is 5.69 Å². The number of nitrogens with zero attached hydrogens (tertiary/aromatic N) is 6. The highest BCUT2D eigenvalue weighted by atomic mass is 35.5. The minimum atomic E-state index is 0.0137. The van der Waals surface area contributed by atoms with Crippen molar-refractivity contribution in [3.8, 4) is 5.75 Å². The quantitative estimate of drug-likeness (QED) is 0.392. The largest absolute Gasteiger partial charge is 0.497 e. The molecule has 0 bridgehead atoms. The van der Waals surface area contributed by atoms with E-state index in [1.807, 2.05) is 47.1 Å². The van der Waals surface area contributed by atoms with E-state index in [0.29, 0.717) is 6.54 Å². The van der Waals surface area contributed by atoms with Crippen molar-refractivity contribution in [3.63, 3.8) is 0 Å². The molecule has 4 aromatic rings. The highest BCUT2D eigenvalue weighted by Crippen LogP contribution is 2.32. The lowest BCUT2D eigenvalue weighted by molar-refractivity contribution is 0.204. The van der Waals surface area contributed by atoms with Crippen LogP contribution in [0.3, 0.4) is 0 Å². The number of aromatic nitrogens is 4. The summed E-state index contributed by atoms with van der Waals surface area (Å²) >= 11 is 7.96. The van der Waals surface area contributed by atoms with E-state index in [1.165, 1.54) is 10.6 Å². The van der Waals surface area contributed by atoms with Crippen molar-refractivity contribution in [3.05, 3.63) is 87.3 Å². The van der Waals surface area contributed by atoms with Crippen molar-refractivity contribution in [2.75, 3.05) is 38.2 Å². The molecule has 170 valence electrons. The fraction of sp³-hybridized carbons (Fsp3) is 0.292. The second kappa shape index (κ2) is 9.91. The Labute approximate surface area is 202 Å². The maximum absolute atomic E-state index is 6.21. The zero-order chi connectivity index (χ0) is 22.6. The third-order valence-electron chi connectivity index (χ3n) is 5.96. The summed E-state index contributed by atoms with van der Waals surface area (Å²) in [4.78, 5) is 6.11. The predicted molar refractivity (Wildman–Crippen MR) is 131 cm³/mol. The van der Waals surface area contributed by atoms with Gasteiger partial charge in [-0.2, -0.15) is 0 Å². The molecule has 9 heteroatoms. The van der Waals surface area contributed by atoms with Crippen molar-refractivity contribution >= 4 is 28.6 Å². The van der Waals surface area contributed by atoms with Crippen LogP contribution in [0.25, 0.3) is 0 Å². The topological polar surface area (TPSA) is 59.3 Å². The van der Waals surface area contributed by atoms with Gasteiger partial charge in [0.05, 0.1) is 13.7 Å². The number of piperazine rings is 1. The summed E-state index contributed by atoms with van der Waals surface area (Å²) in [6.45, 7) is 4.26. The third kappa shape index (κ3) is 4.88. The summed E-state index contributed by atoms with van der Waals surface area (Å²) in [6, 6.07) is 20.4. The first kappa shape index (κ1) is 21.9. The Balaban J connectivity index is 1.37. The number of hydrogen-bond donors (Lipinski definition) is 0. The Morgan fingerprint density at radius 1 is 1.03 bits per heavy atom. The molecule has 0 spiro atoms. The van der Waals surface area contributed by atoms with Crippen LogP contribution in [0, 0.1) is 0 Å². The average molecular weight is 481 g/mol. The monoisotopic (exact) mass is 480 g/mol. The summed E-state index contributed by atoms with van der Waals surface area (Å²) in [6.07, 6.45) is 0. The van der Waals surface area contributed by atoms with Gasteiger partial charge in [-0.25, -0.2) is 4.68 Å². The van der Waals surface area contributed by atoms with Gasteiger partial charge in [0, 0.05) is 41.8 Å². The molecule has 3 heterocycles. The zero-order valence-corrected chi connectivity index (χ0v) is 19.9. The second-order valence-corrected chi connectivity index (χ2v) is 9.38. The molecule has 1 unspecified atom stereocenters. The molecular formula is C24H25ClN6OS. The normalized spacial score (nSPS) is 15.5. The number of thiophene rings is 1. The first-order chi connectivity index (χ1) is 16.2. The fourth-order valence-corrected chi connectivity index (χ4v) is 5.29. The van der Waals surface area contributed by atoms with Gasteiger partial charge in [-0.1, -0.05) is 35.9 Å². The first-order valence-electron chi connectivity index (χ1n) is 10.9. The lowest BCUT2D eigenvalue weighted by Gasteiger charge is -2.39. The van der Waals surface area contributed by atoms with Gasteiger partial charge in [-0.15, -0.1) is 16.4 Å². The maximum atomic E-state index is 6.21. The van der Waals surface area contributed by atoms with E-state index in [2.05, 4.69) is 48.9 Å². The van der Waals surface area contributed by atoms with Crippen LogP contribution in [0.15, 0.2) is 66.0 Å². The Morgan fingerprint density at radius 2 is 1.85 bits per heavy atom. The molecule has 1 aliphatic heterocycles. The number of benzene rings is 2. The molecule has 2 aromatic heterocycles. The van der Waals surface area contributed by atoms with Crippen molar-refractivity contribution in [2.45, 2.75) is 12.6 Å². The standard InChI is InChI=1S/C24H25ClN6OS/c1-32-21-9-7-18(8-10-21)17-31-24(26-27-28-31)23(22-6-3-15-33-22)30-13-11-29(12-14-30)20-5-2-4-19(25)16-20/h2-10,15-16,23H,11-14,17H2,1H3. The van der Waals surface area contributed by atoms with Crippen LogP contribution in [-0.4, -0.2) is 58.4 Å². The molecule has 1 atom stereocenters. The van der Waals surface area contributed by atoms with E-state index in [9.17, 15) is 0 Å². The summed E-state index contributed by atoms with van der Waals surface area (Å²) in [7, 11) is 1.67. The SMILES string of the molecule is COc1ccc(Cn2nnnc2C(c2cccs2)N2CCN(c3cccc(Cl)c3)CC2)cc1. The number of hydrogen-bond acceptors (Lipinski definition) is 7. The lowest BCUT2D eigenvalue weighted by Crippen LogP contribution is -2.48. The minimum absolute atomic E-state index is 0.0137. The van der Waals surface area contributed by atoms with Gasteiger partial charge in [-0.3, -0.25) is 4.90 Å². The van der Waals surface area contributed by atoms with Gasteiger partial charge < -0.3 is 9.64 Å². The highest BCUT2D eigenvalue weighted by Gasteiger charge is 2.31. The zero-order valence-electron chi connectivity index (χ0n) is 18.3. The smallest absolute Gasteiger partial charge is 0.174 e. The van der Waals surface area contributed by atoms with E-state index in [4.69, 9.17) is 16.3 Å². The summed E-state index contributed by atoms with van der Waals surface area (Å²) < 4.78 is 7.19. The number of ether oxygens (including phenoxy) is 1. The van der Waals surface area contributed by atoms with Crippen LogP contribution < -0.4 is 9.64 Å². The molecule has 0 N–H and O–H groups in total. The van der Waals surface area contributed by atoms with Gasteiger partial charge in [0.15, 0.2) is 5.82 Å². The first-order valence-corrected chi connectivity index (χ1v) is 12.1. The van der Waals surface area contributed by atoms with Crippen LogP contribution in [0.1, 0.15) is 22.3 Å². The van der Waals surface area contributed by atoms with E-state index in [1.54, 1.807) is 18.4 Å². The second-order valence-electron chi connectivity index (χ2n) is 7.96. The van der Waals surface area contributed by atoms with Gasteiger partial charge in [0.25, 0.3) is 0 Å². The molecule has 5 rings (SSSR count). The summed E-state index contributed by atoms with van der Waals surface area (Å²) in [5, 5.41) is 15.7. The summed E-state index contributed by atoms with van der Waals surface area (Å²) in [5.74, 6) is 1.70. The Bertz CT molecular complexity index is 1170. The van der Waals surface area contributed by atoms with Gasteiger partial charge in [0.2, 0.25) is 0 Å². The van der Waals surface area contributed by atoms with Crippen LogP contribution in [0.5, 0.6) is 5.75 Å².